The highest BCUT2D eigenvalue weighted by atomic mass is 32.2. The number of methoxy groups -OCH3 is 1. The number of fused-ring (bicyclic) bond motifs is 1. The number of carbonyl (C=O) groups excluding carboxylic acids is 3. The normalized spacial score (nSPS) is 13.2. The van der Waals surface area contributed by atoms with Crippen molar-refractivity contribution < 1.29 is 24.0 Å². The van der Waals surface area contributed by atoms with Crippen LogP contribution < -0.4 is 0 Å². The molecular formula is C16H16N2O6S. The van der Waals surface area contributed by atoms with Gasteiger partial charge in [0.05, 0.1) is 12.6 Å². The van der Waals surface area contributed by atoms with E-state index in [0.29, 0.717) is 28.2 Å². The third kappa shape index (κ3) is 3.71. The number of nitro groups is 1. The van der Waals surface area contributed by atoms with Crippen LogP contribution in [0.3, 0.4) is 0 Å². The van der Waals surface area contributed by atoms with Gasteiger partial charge in [-0.05, 0) is 11.6 Å². The topological polar surface area (TPSA) is 109 Å². The summed E-state index contributed by atoms with van der Waals surface area (Å²) in [6.45, 7) is 2.62. The second-order valence-electron chi connectivity index (χ2n) is 5.27. The summed E-state index contributed by atoms with van der Waals surface area (Å²) in [7, 11) is 1.05. The maximum Gasteiger partial charge on any atom is 0.383 e. The Hall–Kier alpha value is -2.68. The monoisotopic (exact) mass is 364 g/mol. The van der Waals surface area contributed by atoms with E-state index in [1.54, 1.807) is 24.3 Å². The average molecular weight is 364 g/mol. The molecule has 8 nitrogen and oxygen atoms in total. The molecular weight excluding hydrogens is 348 g/mol. The average Bonchev–Trinajstić information content (AvgIpc) is 2.93. The highest BCUT2D eigenvalue weighted by molar-refractivity contribution is 8.13. The van der Waals surface area contributed by atoms with E-state index in [1.807, 2.05) is 0 Å². The van der Waals surface area contributed by atoms with Gasteiger partial charge in [0.2, 0.25) is 5.91 Å². The van der Waals surface area contributed by atoms with Crippen molar-refractivity contribution in [2.45, 2.75) is 25.1 Å². The third-order valence-electron chi connectivity index (χ3n) is 3.64. The molecule has 0 unspecified atom stereocenters. The van der Waals surface area contributed by atoms with Gasteiger partial charge >= 0.3 is 12.0 Å². The van der Waals surface area contributed by atoms with Crippen LogP contribution in [0.2, 0.25) is 0 Å². The lowest BCUT2D eigenvalue weighted by Gasteiger charge is -2.17. The minimum atomic E-state index is -1.77. The van der Waals surface area contributed by atoms with Crippen molar-refractivity contribution in [2.24, 2.45) is 0 Å². The minimum absolute atomic E-state index is 0.287. The van der Waals surface area contributed by atoms with Crippen molar-refractivity contribution in [3.05, 3.63) is 46.1 Å². The van der Waals surface area contributed by atoms with Gasteiger partial charge in [-0.1, -0.05) is 30.0 Å². The first-order valence-corrected chi connectivity index (χ1v) is 8.15. The van der Waals surface area contributed by atoms with Gasteiger partial charge in [-0.25, -0.2) is 4.79 Å². The molecule has 1 heterocycles. The Morgan fingerprint density at radius 1 is 1.24 bits per heavy atom. The number of para-hydroxylation sites is 1. The molecule has 9 heteroatoms. The molecule has 0 aliphatic carbocycles. The quantitative estimate of drug-likeness (QED) is 0.455. The zero-order valence-corrected chi connectivity index (χ0v) is 14.6. The SMILES string of the molecule is COC(=O)[C@@H]([C@H](SC(C)=O)c1cn(C(C)=O)c2ccccc12)[N+](=O)[O-]. The van der Waals surface area contributed by atoms with Crippen LogP contribution in [0.4, 0.5) is 0 Å². The van der Waals surface area contributed by atoms with Crippen molar-refractivity contribution in [3.8, 4) is 0 Å². The summed E-state index contributed by atoms with van der Waals surface area (Å²) < 4.78 is 5.88. The zero-order valence-electron chi connectivity index (χ0n) is 13.8. The smallest absolute Gasteiger partial charge is 0.383 e. The number of carbonyl (C=O) groups is 3. The zero-order chi connectivity index (χ0) is 18.7. The molecule has 0 radical (unpaired) electrons. The second-order valence-corrected chi connectivity index (χ2v) is 6.59. The standard InChI is InChI=1S/C16H16N2O6S/c1-9(19)17-8-12(11-6-4-5-7-13(11)17)15(25-10(2)20)14(18(22)23)16(21)24-3/h4-8,14-15H,1-3H3/t14-,15-/m1/s1. The van der Waals surface area contributed by atoms with Gasteiger partial charge < -0.3 is 4.74 Å². The Morgan fingerprint density at radius 2 is 1.88 bits per heavy atom. The van der Waals surface area contributed by atoms with Crippen LogP contribution in [0.5, 0.6) is 0 Å². The van der Waals surface area contributed by atoms with E-state index < -0.39 is 22.2 Å². The molecule has 0 saturated carbocycles. The van der Waals surface area contributed by atoms with Gasteiger partial charge in [0.25, 0.3) is 0 Å². The molecule has 132 valence electrons. The molecule has 1 aromatic heterocycles. The molecule has 0 fully saturated rings. The number of aromatic nitrogens is 1. The van der Waals surface area contributed by atoms with E-state index in [2.05, 4.69) is 4.74 Å². The Morgan fingerprint density at radius 3 is 2.40 bits per heavy atom. The van der Waals surface area contributed by atoms with Crippen molar-refractivity contribution >= 4 is 39.7 Å². The first-order valence-electron chi connectivity index (χ1n) is 7.27. The number of nitrogens with zero attached hydrogens (tertiary/aromatic N) is 2. The summed E-state index contributed by atoms with van der Waals surface area (Å²) in [5, 5.41) is 10.5. The Kier molecular flexibility index (Phi) is 5.58. The lowest BCUT2D eigenvalue weighted by molar-refractivity contribution is -0.510. The maximum absolute atomic E-state index is 12.0. The molecule has 0 aliphatic rings. The van der Waals surface area contributed by atoms with Gasteiger partial charge in [-0.2, -0.15) is 0 Å². The van der Waals surface area contributed by atoms with Crippen LogP contribution in [0.25, 0.3) is 10.9 Å². The fourth-order valence-corrected chi connectivity index (χ4v) is 3.62. The summed E-state index contributed by atoms with van der Waals surface area (Å²) in [6, 6.07) is 5.04. The van der Waals surface area contributed by atoms with Crippen molar-refractivity contribution in [1.82, 2.24) is 4.57 Å². The van der Waals surface area contributed by atoms with Crippen molar-refractivity contribution in [1.29, 1.82) is 0 Å². The van der Waals surface area contributed by atoms with Crippen LogP contribution in [0.15, 0.2) is 30.5 Å². The van der Waals surface area contributed by atoms with Gasteiger partial charge in [-0.3, -0.25) is 24.3 Å². The van der Waals surface area contributed by atoms with Gasteiger partial charge in [-0.15, -0.1) is 0 Å². The van der Waals surface area contributed by atoms with Crippen LogP contribution in [-0.2, 0) is 14.3 Å². The predicted molar refractivity (Wildman–Crippen MR) is 92.0 cm³/mol. The van der Waals surface area contributed by atoms with Crippen LogP contribution in [0, 0.1) is 10.1 Å². The molecule has 2 atom stereocenters. The van der Waals surface area contributed by atoms with E-state index in [0.717, 1.165) is 7.11 Å². The Labute approximate surface area is 147 Å². The van der Waals surface area contributed by atoms with Crippen molar-refractivity contribution in [2.75, 3.05) is 7.11 Å². The van der Waals surface area contributed by atoms with Crippen LogP contribution in [0.1, 0.15) is 29.5 Å². The summed E-state index contributed by atoms with van der Waals surface area (Å²) in [6.07, 6.45) is 1.44. The van der Waals surface area contributed by atoms with Gasteiger partial charge in [0.1, 0.15) is 5.25 Å². The van der Waals surface area contributed by atoms with Crippen LogP contribution in [-0.4, -0.2) is 39.6 Å². The fraction of sp³-hybridized carbons (Fsp3) is 0.312. The first-order chi connectivity index (χ1) is 11.8. The Balaban J connectivity index is 2.72. The summed E-state index contributed by atoms with van der Waals surface area (Å²) in [4.78, 5) is 46.2. The fourth-order valence-electron chi connectivity index (χ4n) is 2.61. The van der Waals surface area contributed by atoms with E-state index in [9.17, 15) is 24.5 Å². The van der Waals surface area contributed by atoms with E-state index in [4.69, 9.17) is 0 Å². The third-order valence-corrected chi connectivity index (χ3v) is 4.74. The molecule has 0 spiro atoms. The molecule has 0 bridgehead atoms. The number of esters is 1. The van der Waals surface area contributed by atoms with E-state index in [-0.39, 0.29) is 11.0 Å². The predicted octanol–water partition coefficient (Wildman–Crippen LogP) is 2.44. The first kappa shape index (κ1) is 18.7. The molecule has 2 rings (SSSR count). The lowest BCUT2D eigenvalue weighted by atomic mass is 10.0. The molecule has 0 amide bonds. The Bertz CT molecular complexity index is 859. The number of rotatable bonds is 5. The number of hydrogen-bond donors (Lipinski definition) is 0. The molecule has 2 aromatic rings. The number of thioether (sulfide) groups is 1. The second kappa shape index (κ2) is 7.47. The van der Waals surface area contributed by atoms with Gasteiger partial charge in [0.15, 0.2) is 5.12 Å². The highest BCUT2D eigenvalue weighted by Gasteiger charge is 2.43. The summed E-state index contributed by atoms with van der Waals surface area (Å²) >= 11 is 0.667. The molecule has 1 aromatic carbocycles. The molecule has 25 heavy (non-hydrogen) atoms. The number of ether oxygens (including phenoxy) is 1. The van der Waals surface area contributed by atoms with E-state index >= 15 is 0 Å². The number of benzene rings is 1. The highest BCUT2D eigenvalue weighted by Crippen LogP contribution is 2.39. The van der Waals surface area contributed by atoms with Crippen molar-refractivity contribution in [3.63, 3.8) is 0 Å². The van der Waals surface area contributed by atoms with Gasteiger partial charge in [0, 0.05) is 30.4 Å². The molecule has 0 saturated heterocycles. The lowest BCUT2D eigenvalue weighted by Crippen LogP contribution is -2.35. The van der Waals surface area contributed by atoms with E-state index in [1.165, 1.54) is 24.6 Å². The molecule has 0 aliphatic heterocycles. The molecule has 0 N–H and O–H groups in total. The maximum atomic E-state index is 12.0. The van der Waals surface area contributed by atoms with Crippen LogP contribution >= 0.6 is 11.8 Å². The minimum Gasteiger partial charge on any atom is -0.464 e. The summed E-state index contributed by atoms with van der Waals surface area (Å²) in [5.41, 5.74) is 0.907. The number of hydrogen-bond acceptors (Lipinski definition) is 7. The largest absolute Gasteiger partial charge is 0.464 e. The summed E-state index contributed by atoms with van der Waals surface area (Å²) in [5.74, 6) is -1.34.